The Labute approximate surface area is 478 Å². The number of hydrogen-bond donors (Lipinski definition) is 14. The number of carbonyl (C=O) groups is 4. The van der Waals surface area contributed by atoms with E-state index >= 15 is 0 Å². The smallest absolute Gasteiger partial charge is 0.335 e. The number of aromatic amines is 2. The van der Waals surface area contributed by atoms with Gasteiger partial charge < -0.3 is 100 Å². The Kier molecular flexibility index (Phi) is 21.3. The third-order valence-corrected chi connectivity index (χ3v) is 13.9. The maximum atomic E-state index is 13.0. The molecule has 14 N–H and O–H groups in total. The normalized spacial score (nSPS) is 22.1. The lowest BCUT2D eigenvalue weighted by Gasteiger charge is -2.38. The number of carboxylic acid groups (broad SMARTS) is 2. The second-order valence-corrected chi connectivity index (χ2v) is 20.2. The van der Waals surface area contributed by atoms with Gasteiger partial charge in [0, 0.05) is 23.9 Å². The highest BCUT2D eigenvalue weighted by Crippen LogP contribution is 2.34. The number of hydrogen-bond acceptors (Lipinski definition) is 20. The molecule has 0 bridgehead atoms. The molecule has 26 heteroatoms. The molecule has 452 valence electrons. The number of unbranched alkanes of at least 4 members (excludes halogenated alkanes) is 4. The SMILES string of the molecule is CCCCCOc1c(C)ccc2cc(C(=O)NCc3ccc(O)c(OC4O[C@@H](C(=O)O)[C@H](O)[C@@H](O)C4O)c3)c(=O)[nH]c12.CCCCCOc1c(C)ccc2cc(C(=O)NCc3ccc(OC4O[C@@H](C(=O)O)[C@H](O)[C@@H](O)[C@H]4O)c(O)c3)c(=O)[nH]c12. The monoisotopic (exact) mass is 1170 g/mol. The minimum absolute atomic E-state index is 0.0710. The number of fused-ring (bicyclic) bond motifs is 2. The molecule has 0 aliphatic carbocycles. The van der Waals surface area contributed by atoms with E-state index in [1.807, 2.05) is 26.0 Å². The molecule has 8 rings (SSSR count). The fraction of sp³-hybridized carbons (Fsp3) is 0.414. The first kappa shape index (κ1) is 63.2. The first-order valence-corrected chi connectivity index (χ1v) is 27.0. The van der Waals surface area contributed by atoms with E-state index in [0.29, 0.717) is 57.6 Å². The first-order valence-electron chi connectivity index (χ1n) is 27.0. The van der Waals surface area contributed by atoms with Crippen LogP contribution in [0.5, 0.6) is 34.5 Å². The van der Waals surface area contributed by atoms with Gasteiger partial charge in [0.05, 0.1) is 24.2 Å². The van der Waals surface area contributed by atoms with Gasteiger partial charge in [0.15, 0.2) is 35.2 Å². The Balaban J connectivity index is 0.000000241. The average molecular weight is 1170 g/mol. The number of amides is 2. The van der Waals surface area contributed by atoms with Crippen LogP contribution in [0.1, 0.15) is 95.3 Å². The van der Waals surface area contributed by atoms with Crippen molar-refractivity contribution in [3.05, 3.63) is 127 Å². The van der Waals surface area contributed by atoms with Gasteiger partial charge in [0.1, 0.15) is 59.2 Å². The predicted molar refractivity (Wildman–Crippen MR) is 297 cm³/mol. The zero-order valence-electron chi connectivity index (χ0n) is 46.1. The van der Waals surface area contributed by atoms with Crippen LogP contribution in [-0.4, -0.2) is 159 Å². The van der Waals surface area contributed by atoms with Gasteiger partial charge in [-0.15, -0.1) is 0 Å². The summed E-state index contributed by atoms with van der Waals surface area (Å²) in [6.45, 7) is 8.79. The zero-order chi connectivity index (χ0) is 61.1. The molecule has 2 aliphatic heterocycles. The number of carboxylic acids is 2. The Bertz CT molecular complexity index is 3460. The van der Waals surface area contributed by atoms with Crippen LogP contribution >= 0.6 is 0 Å². The van der Waals surface area contributed by atoms with Gasteiger partial charge in [-0.3, -0.25) is 19.2 Å². The number of aliphatic carboxylic acids is 2. The minimum Gasteiger partial charge on any atom is -0.504 e. The van der Waals surface area contributed by atoms with Gasteiger partial charge in [-0.05, 0) is 85.3 Å². The number of nitrogens with one attached hydrogen (secondary N) is 4. The van der Waals surface area contributed by atoms with Crippen LogP contribution in [0.2, 0.25) is 0 Å². The topological polar surface area (TPSA) is 416 Å². The van der Waals surface area contributed by atoms with Crippen molar-refractivity contribution >= 4 is 45.6 Å². The van der Waals surface area contributed by atoms with Crippen molar-refractivity contribution in [1.29, 1.82) is 0 Å². The number of carbonyl (C=O) groups excluding carboxylic acids is 2. The van der Waals surface area contributed by atoms with Gasteiger partial charge in [-0.25, -0.2) is 9.59 Å². The summed E-state index contributed by atoms with van der Waals surface area (Å²) in [6.07, 6.45) is -12.5. The molecule has 2 amide bonds. The Morgan fingerprint density at radius 2 is 0.952 bits per heavy atom. The summed E-state index contributed by atoms with van der Waals surface area (Å²) >= 11 is 0. The summed E-state index contributed by atoms with van der Waals surface area (Å²) in [6, 6.07) is 18.3. The Morgan fingerprint density at radius 3 is 1.38 bits per heavy atom. The maximum absolute atomic E-state index is 13.0. The van der Waals surface area contributed by atoms with Gasteiger partial charge in [0.2, 0.25) is 12.6 Å². The number of ether oxygens (including phenoxy) is 6. The fourth-order valence-corrected chi connectivity index (χ4v) is 9.11. The molecule has 2 aromatic heterocycles. The summed E-state index contributed by atoms with van der Waals surface area (Å²) in [5, 5.41) is 105. The maximum Gasteiger partial charge on any atom is 0.335 e. The van der Waals surface area contributed by atoms with Crippen LogP contribution in [0.25, 0.3) is 21.8 Å². The number of aromatic nitrogens is 2. The van der Waals surface area contributed by atoms with Crippen molar-refractivity contribution in [3.63, 3.8) is 0 Å². The van der Waals surface area contributed by atoms with Crippen molar-refractivity contribution in [2.24, 2.45) is 0 Å². The molecule has 0 radical (unpaired) electrons. The van der Waals surface area contributed by atoms with Crippen molar-refractivity contribution in [1.82, 2.24) is 20.6 Å². The molecule has 84 heavy (non-hydrogen) atoms. The predicted octanol–water partition coefficient (Wildman–Crippen LogP) is 2.62. The highest BCUT2D eigenvalue weighted by molar-refractivity contribution is 5.99. The number of aromatic hydroxyl groups is 2. The Morgan fingerprint density at radius 1 is 0.524 bits per heavy atom. The van der Waals surface area contributed by atoms with E-state index in [1.54, 1.807) is 12.1 Å². The summed E-state index contributed by atoms with van der Waals surface area (Å²) < 4.78 is 32.8. The molecular formula is C58H68N4O22. The van der Waals surface area contributed by atoms with E-state index in [2.05, 4.69) is 34.4 Å². The molecule has 10 atom stereocenters. The molecule has 3 unspecified atom stereocenters. The molecule has 2 fully saturated rings. The standard InChI is InChI=1S/2C29H34N2O11/c1-3-4-5-10-40-24-14(2)6-8-16-12-17(27(37)31-20(16)24)26(36)30-13-15-7-9-19(18(32)11-15)41-29-23(35)21(33)22(34)25(42-29)28(38)39;1-3-4-5-10-40-24-14(2)6-8-16-12-17(27(37)31-20(16)24)26(36)30-13-15-7-9-18(32)19(11-15)41-29-23(35)21(33)22(34)25(42-29)28(38)39/h2*6-9,11-12,21-23,25,29,32-35H,3-5,10,13H2,1-2H3,(H,30,36)(H,31,37)(H,38,39)/t21-,22-,23-,25-,29?;21-,22-,23?,25-,29?/m11/s1. The lowest BCUT2D eigenvalue weighted by molar-refractivity contribution is -0.271. The van der Waals surface area contributed by atoms with Crippen LogP contribution in [0.3, 0.4) is 0 Å². The number of aliphatic hydroxyl groups excluding tert-OH is 6. The summed E-state index contributed by atoms with van der Waals surface area (Å²) in [5.74, 6) is -4.63. The van der Waals surface area contributed by atoms with Gasteiger partial charge in [-0.1, -0.05) is 75.9 Å². The van der Waals surface area contributed by atoms with Crippen molar-refractivity contribution < 1.29 is 98.7 Å². The lowest BCUT2D eigenvalue weighted by Crippen LogP contribution is -2.61. The second-order valence-electron chi connectivity index (χ2n) is 20.2. The quantitative estimate of drug-likeness (QED) is 0.0434. The van der Waals surface area contributed by atoms with Crippen LogP contribution in [0, 0.1) is 13.8 Å². The number of aryl methyl sites for hydroxylation is 2. The third-order valence-electron chi connectivity index (χ3n) is 13.9. The molecule has 0 spiro atoms. The highest BCUT2D eigenvalue weighted by Gasteiger charge is 2.49. The first-order chi connectivity index (χ1) is 40.0. The summed E-state index contributed by atoms with van der Waals surface area (Å²) in [4.78, 5) is 79.7. The number of H-pyrrole nitrogens is 2. The molecule has 26 nitrogen and oxygen atoms in total. The van der Waals surface area contributed by atoms with E-state index in [0.717, 1.165) is 49.7 Å². The van der Waals surface area contributed by atoms with Crippen LogP contribution in [0.15, 0.2) is 82.4 Å². The van der Waals surface area contributed by atoms with Crippen molar-refractivity contribution in [2.75, 3.05) is 13.2 Å². The number of benzene rings is 4. The van der Waals surface area contributed by atoms with Gasteiger partial charge in [0.25, 0.3) is 22.9 Å². The van der Waals surface area contributed by atoms with Crippen molar-refractivity contribution in [3.8, 4) is 34.5 Å². The van der Waals surface area contributed by atoms with Gasteiger partial charge >= 0.3 is 11.9 Å². The van der Waals surface area contributed by atoms with Crippen molar-refractivity contribution in [2.45, 2.75) is 141 Å². The molecule has 2 aliphatic rings. The number of aliphatic hydroxyl groups is 6. The van der Waals surface area contributed by atoms with E-state index in [1.165, 1.54) is 48.5 Å². The molecule has 0 saturated carbocycles. The van der Waals surface area contributed by atoms with Crippen LogP contribution in [-0.2, 0) is 32.2 Å². The number of pyridine rings is 2. The third kappa shape index (κ3) is 14.9. The van der Waals surface area contributed by atoms with E-state index in [-0.39, 0.29) is 35.7 Å². The second kappa shape index (κ2) is 28.3. The molecular weight excluding hydrogens is 1100 g/mol. The highest BCUT2D eigenvalue weighted by atomic mass is 16.7. The number of rotatable bonds is 22. The lowest BCUT2D eigenvalue weighted by atomic mass is 9.99. The number of phenolic OH excluding ortho intramolecular Hbond substituents is 2. The summed E-state index contributed by atoms with van der Waals surface area (Å²) in [7, 11) is 0. The zero-order valence-corrected chi connectivity index (χ0v) is 46.1. The van der Waals surface area contributed by atoms with E-state index in [9.17, 15) is 74.7 Å². The number of phenols is 2. The molecule has 6 aromatic rings. The van der Waals surface area contributed by atoms with Gasteiger partial charge in [-0.2, -0.15) is 0 Å². The van der Waals surface area contributed by atoms with E-state index < -0.39 is 108 Å². The molecule has 4 heterocycles. The fourth-order valence-electron chi connectivity index (χ4n) is 9.11. The van der Waals surface area contributed by atoms with Crippen LogP contribution in [0.4, 0.5) is 0 Å². The largest absolute Gasteiger partial charge is 0.504 e. The van der Waals surface area contributed by atoms with E-state index in [4.69, 9.17) is 33.5 Å². The minimum atomic E-state index is -1.90. The average Bonchev–Trinajstić information content (AvgIpc) is 2.33. The molecule has 4 aromatic carbocycles. The molecule has 2 saturated heterocycles. The summed E-state index contributed by atoms with van der Waals surface area (Å²) in [5.41, 5.74) is 2.14. The van der Waals surface area contributed by atoms with Crippen LogP contribution < -0.4 is 40.7 Å². The Hall–Kier alpha value is -8.34.